The molecular weight excluding hydrogens is 204 g/mol. The third kappa shape index (κ3) is 1.95. The van der Waals surface area contributed by atoms with Crippen molar-refractivity contribution in [2.45, 2.75) is 6.92 Å². The van der Waals surface area contributed by atoms with Gasteiger partial charge in [0.05, 0.1) is 18.4 Å². The lowest BCUT2D eigenvalue weighted by Gasteiger charge is -2.03. The fraction of sp³-hybridized carbons (Fsp3) is 0.167. The Kier molecular flexibility index (Phi) is 2.72. The molecule has 0 amide bonds. The predicted molar refractivity (Wildman–Crippen MR) is 61.6 cm³/mol. The van der Waals surface area contributed by atoms with Gasteiger partial charge in [-0.15, -0.1) is 0 Å². The van der Waals surface area contributed by atoms with Crippen LogP contribution in [-0.4, -0.2) is 17.3 Å². The number of ether oxygens (including phenoxy) is 1. The highest BCUT2D eigenvalue weighted by molar-refractivity contribution is 5.63. The van der Waals surface area contributed by atoms with Gasteiger partial charge >= 0.3 is 0 Å². The number of benzene rings is 1. The number of aromatic amines is 1. The van der Waals surface area contributed by atoms with Gasteiger partial charge in [-0.3, -0.25) is 4.79 Å². The summed E-state index contributed by atoms with van der Waals surface area (Å²) in [6, 6.07) is 9.11. The van der Waals surface area contributed by atoms with Crippen molar-refractivity contribution in [1.29, 1.82) is 0 Å². The van der Waals surface area contributed by atoms with Crippen molar-refractivity contribution >= 4 is 0 Å². The first-order valence-electron chi connectivity index (χ1n) is 4.91. The summed E-state index contributed by atoms with van der Waals surface area (Å²) >= 11 is 0. The number of methoxy groups -OCH3 is 1. The van der Waals surface area contributed by atoms with E-state index in [9.17, 15) is 4.79 Å². The Balaban J connectivity index is 2.50. The summed E-state index contributed by atoms with van der Waals surface area (Å²) in [5.41, 5.74) is 2.07. The highest BCUT2D eigenvalue weighted by Crippen LogP contribution is 2.19. The fourth-order valence-corrected chi connectivity index (χ4v) is 1.49. The van der Waals surface area contributed by atoms with Gasteiger partial charge in [0.25, 0.3) is 5.56 Å². The fourth-order valence-electron chi connectivity index (χ4n) is 1.49. The minimum absolute atomic E-state index is 0.184. The molecule has 0 saturated carbocycles. The lowest BCUT2D eigenvalue weighted by molar-refractivity contribution is 0.415. The van der Waals surface area contributed by atoms with E-state index in [0.29, 0.717) is 5.56 Å². The monoisotopic (exact) mass is 216 g/mol. The van der Waals surface area contributed by atoms with E-state index in [2.05, 4.69) is 10.2 Å². The summed E-state index contributed by atoms with van der Waals surface area (Å²) in [7, 11) is 1.61. The average molecular weight is 216 g/mol. The van der Waals surface area contributed by atoms with Crippen molar-refractivity contribution in [3.63, 3.8) is 0 Å². The summed E-state index contributed by atoms with van der Waals surface area (Å²) in [6.45, 7) is 1.84. The normalized spacial score (nSPS) is 10.1. The molecule has 0 unspecified atom stereocenters. The summed E-state index contributed by atoms with van der Waals surface area (Å²) in [5.74, 6) is 0.769. The Bertz CT molecular complexity index is 544. The lowest BCUT2D eigenvalue weighted by Crippen LogP contribution is -2.11. The van der Waals surface area contributed by atoms with Crippen LogP contribution in [0.15, 0.2) is 35.1 Å². The maximum absolute atomic E-state index is 11.6. The molecule has 1 heterocycles. The smallest absolute Gasteiger partial charge is 0.272 e. The molecular formula is C12H12N2O2. The van der Waals surface area contributed by atoms with Gasteiger partial charge in [-0.25, -0.2) is 5.10 Å². The van der Waals surface area contributed by atoms with Gasteiger partial charge in [-0.2, -0.15) is 5.10 Å². The maximum Gasteiger partial charge on any atom is 0.272 e. The molecule has 1 N–H and O–H groups in total. The topological polar surface area (TPSA) is 55.0 Å². The maximum atomic E-state index is 11.6. The van der Waals surface area contributed by atoms with Crippen LogP contribution in [0.1, 0.15) is 5.69 Å². The molecule has 4 heteroatoms. The van der Waals surface area contributed by atoms with E-state index >= 15 is 0 Å². The van der Waals surface area contributed by atoms with E-state index in [-0.39, 0.29) is 5.56 Å². The van der Waals surface area contributed by atoms with Crippen LogP contribution in [0, 0.1) is 6.92 Å². The van der Waals surface area contributed by atoms with Crippen LogP contribution in [0.5, 0.6) is 5.75 Å². The van der Waals surface area contributed by atoms with Crippen molar-refractivity contribution in [2.75, 3.05) is 7.11 Å². The molecule has 0 aliphatic heterocycles. The summed E-state index contributed by atoms with van der Waals surface area (Å²) < 4.78 is 5.06. The first-order valence-corrected chi connectivity index (χ1v) is 4.91. The molecule has 0 saturated heterocycles. The number of rotatable bonds is 2. The second-order valence-electron chi connectivity index (χ2n) is 3.48. The van der Waals surface area contributed by atoms with Gasteiger partial charge in [-0.05, 0) is 30.7 Å². The van der Waals surface area contributed by atoms with Crippen molar-refractivity contribution in [3.8, 4) is 16.9 Å². The number of nitrogens with zero attached hydrogens (tertiary/aromatic N) is 1. The SMILES string of the molecule is COc1ccc(-c2cc(C)n[nH]c2=O)cc1. The number of aromatic nitrogens is 2. The molecule has 1 aromatic carbocycles. The minimum Gasteiger partial charge on any atom is -0.497 e. The predicted octanol–water partition coefficient (Wildman–Crippen LogP) is 1.75. The molecule has 0 fully saturated rings. The van der Waals surface area contributed by atoms with Crippen LogP contribution in [-0.2, 0) is 0 Å². The molecule has 0 aliphatic carbocycles. The molecule has 0 radical (unpaired) electrons. The van der Waals surface area contributed by atoms with Crippen molar-refractivity contribution < 1.29 is 4.74 Å². The zero-order valence-electron chi connectivity index (χ0n) is 9.15. The lowest BCUT2D eigenvalue weighted by atomic mass is 10.1. The Hall–Kier alpha value is -2.10. The van der Waals surface area contributed by atoms with Gasteiger partial charge in [0, 0.05) is 0 Å². The molecule has 4 nitrogen and oxygen atoms in total. The molecule has 82 valence electrons. The minimum atomic E-state index is -0.184. The first kappa shape index (κ1) is 10.4. The average Bonchev–Trinajstić information content (AvgIpc) is 2.32. The molecule has 2 rings (SSSR count). The third-order valence-electron chi connectivity index (χ3n) is 2.33. The molecule has 0 atom stereocenters. The second-order valence-corrected chi connectivity index (χ2v) is 3.48. The summed E-state index contributed by atoms with van der Waals surface area (Å²) in [4.78, 5) is 11.6. The standard InChI is InChI=1S/C12H12N2O2/c1-8-7-11(12(15)14-13-8)9-3-5-10(16-2)6-4-9/h3-7H,1-2H3,(H,14,15). The second kappa shape index (κ2) is 4.18. The molecule has 0 spiro atoms. The van der Waals surface area contributed by atoms with Crippen molar-refractivity contribution in [2.24, 2.45) is 0 Å². The van der Waals surface area contributed by atoms with Gasteiger partial charge in [0.15, 0.2) is 0 Å². The van der Waals surface area contributed by atoms with Crippen LogP contribution >= 0.6 is 0 Å². The number of H-pyrrole nitrogens is 1. The van der Waals surface area contributed by atoms with E-state index in [1.54, 1.807) is 13.2 Å². The Labute approximate surface area is 92.9 Å². The molecule has 0 aliphatic rings. The Morgan fingerprint density at radius 1 is 1.25 bits per heavy atom. The highest BCUT2D eigenvalue weighted by atomic mass is 16.5. The van der Waals surface area contributed by atoms with E-state index in [1.165, 1.54) is 0 Å². The number of hydrogen-bond acceptors (Lipinski definition) is 3. The first-order chi connectivity index (χ1) is 7.70. The molecule has 2 aromatic rings. The van der Waals surface area contributed by atoms with Crippen LogP contribution in [0.2, 0.25) is 0 Å². The van der Waals surface area contributed by atoms with Gasteiger partial charge in [0.1, 0.15) is 5.75 Å². The molecule has 1 aromatic heterocycles. The zero-order valence-corrected chi connectivity index (χ0v) is 9.15. The van der Waals surface area contributed by atoms with Crippen LogP contribution in [0.3, 0.4) is 0 Å². The summed E-state index contributed by atoms with van der Waals surface area (Å²) in [5, 5.41) is 6.29. The van der Waals surface area contributed by atoms with Crippen LogP contribution < -0.4 is 10.3 Å². The third-order valence-corrected chi connectivity index (χ3v) is 2.33. The van der Waals surface area contributed by atoms with E-state index in [4.69, 9.17) is 4.74 Å². The van der Waals surface area contributed by atoms with E-state index in [1.807, 2.05) is 31.2 Å². The number of nitrogens with one attached hydrogen (secondary N) is 1. The molecule has 16 heavy (non-hydrogen) atoms. The van der Waals surface area contributed by atoms with Gasteiger partial charge < -0.3 is 4.74 Å². The van der Waals surface area contributed by atoms with Crippen molar-refractivity contribution in [1.82, 2.24) is 10.2 Å². The summed E-state index contributed by atoms with van der Waals surface area (Å²) in [6.07, 6.45) is 0. The van der Waals surface area contributed by atoms with Crippen LogP contribution in [0.25, 0.3) is 11.1 Å². The molecule has 0 bridgehead atoms. The largest absolute Gasteiger partial charge is 0.497 e. The van der Waals surface area contributed by atoms with E-state index in [0.717, 1.165) is 17.0 Å². The van der Waals surface area contributed by atoms with Gasteiger partial charge in [0.2, 0.25) is 0 Å². The Morgan fingerprint density at radius 2 is 1.94 bits per heavy atom. The number of aryl methyl sites for hydroxylation is 1. The zero-order chi connectivity index (χ0) is 11.5. The van der Waals surface area contributed by atoms with E-state index < -0.39 is 0 Å². The Morgan fingerprint density at radius 3 is 2.56 bits per heavy atom. The quantitative estimate of drug-likeness (QED) is 0.832. The van der Waals surface area contributed by atoms with Gasteiger partial charge in [-0.1, -0.05) is 12.1 Å². The highest BCUT2D eigenvalue weighted by Gasteiger charge is 2.04. The van der Waals surface area contributed by atoms with Crippen molar-refractivity contribution in [3.05, 3.63) is 46.4 Å². The number of hydrogen-bond donors (Lipinski definition) is 1. The van der Waals surface area contributed by atoms with Crippen LogP contribution in [0.4, 0.5) is 0 Å².